The molecule has 8 nitrogen and oxygen atoms in total. The highest BCUT2D eigenvalue weighted by Crippen LogP contribution is 2.41. The molecule has 0 fully saturated rings. The van der Waals surface area contributed by atoms with Gasteiger partial charge in [0.05, 0.1) is 17.1 Å². The molecule has 3 aromatic carbocycles. The van der Waals surface area contributed by atoms with Crippen LogP contribution in [0, 0.1) is 6.92 Å². The number of benzene rings is 3. The van der Waals surface area contributed by atoms with Crippen LogP contribution in [0.4, 0.5) is 17.1 Å². The lowest BCUT2D eigenvalue weighted by atomic mass is 10.0. The third-order valence-electron chi connectivity index (χ3n) is 5.04. The Balaban J connectivity index is 1.75. The van der Waals surface area contributed by atoms with Crippen LogP contribution in [0.5, 0.6) is 0 Å². The zero-order valence-corrected chi connectivity index (χ0v) is 15.5. The van der Waals surface area contributed by atoms with Crippen LogP contribution in [0.15, 0.2) is 54.6 Å². The van der Waals surface area contributed by atoms with Crippen molar-refractivity contribution in [2.75, 3.05) is 10.2 Å². The van der Waals surface area contributed by atoms with Crippen molar-refractivity contribution in [2.45, 2.75) is 13.3 Å². The van der Waals surface area contributed by atoms with Crippen LogP contribution in [0.2, 0.25) is 0 Å². The van der Waals surface area contributed by atoms with Crippen LogP contribution < -0.4 is 10.2 Å². The van der Waals surface area contributed by atoms with Gasteiger partial charge in [0.25, 0.3) is 0 Å². The van der Waals surface area contributed by atoms with E-state index in [1.807, 2.05) is 61.5 Å². The van der Waals surface area contributed by atoms with Crippen molar-refractivity contribution in [3.63, 3.8) is 0 Å². The quantitative estimate of drug-likeness (QED) is 0.516. The van der Waals surface area contributed by atoms with Gasteiger partial charge < -0.3 is 5.32 Å². The third kappa shape index (κ3) is 2.82. The second-order valence-corrected chi connectivity index (χ2v) is 6.89. The smallest absolute Gasteiger partial charge is 0.241 e. The van der Waals surface area contributed by atoms with Gasteiger partial charge in [-0.1, -0.05) is 42.5 Å². The van der Waals surface area contributed by atoms with Crippen molar-refractivity contribution in [3.05, 3.63) is 60.2 Å². The second-order valence-electron chi connectivity index (χ2n) is 6.89. The molecule has 0 bridgehead atoms. The molecular weight excluding hydrogens is 368 g/mol. The number of fused-ring (bicyclic) bond motifs is 3. The van der Waals surface area contributed by atoms with E-state index < -0.39 is 0 Å². The lowest BCUT2D eigenvalue weighted by Gasteiger charge is -2.25. The van der Waals surface area contributed by atoms with Crippen LogP contribution in [-0.4, -0.2) is 32.4 Å². The van der Waals surface area contributed by atoms with Gasteiger partial charge in [0.1, 0.15) is 6.42 Å². The highest BCUT2D eigenvalue weighted by atomic mass is 16.2. The summed E-state index contributed by atoms with van der Waals surface area (Å²) in [7, 11) is 0. The zero-order chi connectivity index (χ0) is 20.0. The largest absolute Gasteiger partial charge is 0.323 e. The minimum Gasteiger partial charge on any atom is -0.323 e. The van der Waals surface area contributed by atoms with Crippen LogP contribution in [0.25, 0.3) is 22.2 Å². The first-order chi connectivity index (χ1) is 14.1. The van der Waals surface area contributed by atoms with Gasteiger partial charge in [-0.15, -0.1) is 5.10 Å². The Morgan fingerprint density at radius 1 is 1.00 bits per heavy atom. The molecular formula is C21H16N6O2. The Bertz CT molecular complexity index is 1270. The lowest BCUT2D eigenvalue weighted by Crippen LogP contribution is -2.27. The van der Waals surface area contributed by atoms with Crippen LogP contribution in [0.3, 0.4) is 0 Å². The molecule has 0 unspecified atom stereocenters. The molecule has 5 rings (SSSR count). The van der Waals surface area contributed by atoms with E-state index in [4.69, 9.17) is 0 Å². The van der Waals surface area contributed by atoms with Gasteiger partial charge in [0, 0.05) is 10.9 Å². The van der Waals surface area contributed by atoms with Crippen molar-refractivity contribution in [2.24, 2.45) is 0 Å². The Labute approximate surface area is 165 Å². The van der Waals surface area contributed by atoms with E-state index in [0.717, 1.165) is 21.9 Å². The molecule has 0 saturated heterocycles. The third-order valence-corrected chi connectivity index (χ3v) is 5.04. The summed E-state index contributed by atoms with van der Waals surface area (Å²) in [5.41, 5.74) is 3.58. The number of carbonyl (C=O) groups is 2. The normalized spacial score (nSPS) is 13.9. The first-order valence-corrected chi connectivity index (χ1v) is 9.11. The zero-order valence-electron chi connectivity index (χ0n) is 15.5. The van der Waals surface area contributed by atoms with Crippen molar-refractivity contribution >= 4 is 39.6 Å². The maximum absolute atomic E-state index is 13.1. The highest BCUT2D eigenvalue weighted by Gasteiger charge is 2.29. The number of rotatable bonds is 2. The molecule has 1 aliphatic heterocycles. The van der Waals surface area contributed by atoms with Gasteiger partial charge >= 0.3 is 0 Å². The van der Waals surface area contributed by atoms with E-state index in [1.165, 1.54) is 0 Å². The topological polar surface area (TPSA) is 104 Å². The molecule has 0 saturated carbocycles. The molecule has 0 atom stereocenters. The average Bonchev–Trinajstić information content (AvgIpc) is 3.21. The molecule has 4 aromatic rings. The number of aromatic amines is 1. The Hall–Kier alpha value is -4.07. The molecule has 2 amide bonds. The number of nitrogens with zero attached hydrogens (tertiary/aromatic N) is 4. The summed E-state index contributed by atoms with van der Waals surface area (Å²) in [6, 6.07) is 17.2. The van der Waals surface area contributed by atoms with Crippen molar-refractivity contribution in [3.8, 4) is 11.4 Å². The summed E-state index contributed by atoms with van der Waals surface area (Å²) in [6.07, 6.45) is -0.240. The molecule has 0 aliphatic carbocycles. The monoisotopic (exact) mass is 384 g/mol. The van der Waals surface area contributed by atoms with Gasteiger partial charge in [-0.3, -0.25) is 14.5 Å². The lowest BCUT2D eigenvalue weighted by molar-refractivity contribution is -0.124. The summed E-state index contributed by atoms with van der Waals surface area (Å²) < 4.78 is 0. The fourth-order valence-electron chi connectivity index (χ4n) is 3.66. The minimum absolute atomic E-state index is 0.240. The van der Waals surface area contributed by atoms with Crippen LogP contribution in [0.1, 0.15) is 12.0 Å². The summed E-state index contributed by atoms with van der Waals surface area (Å²) in [4.78, 5) is 27.1. The summed E-state index contributed by atoms with van der Waals surface area (Å²) in [5, 5.41) is 18.7. The maximum atomic E-state index is 13.1. The van der Waals surface area contributed by atoms with E-state index in [0.29, 0.717) is 22.9 Å². The number of nitrogens with one attached hydrogen (secondary N) is 2. The number of hydrogen-bond acceptors (Lipinski definition) is 5. The maximum Gasteiger partial charge on any atom is 0.241 e. The van der Waals surface area contributed by atoms with Crippen LogP contribution in [-0.2, 0) is 9.59 Å². The molecule has 8 heteroatoms. The number of hydrogen-bond donors (Lipinski definition) is 2. The molecule has 2 N–H and O–H groups in total. The predicted octanol–water partition coefficient (Wildman–Crippen LogP) is 3.34. The number of aromatic nitrogens is 4. The van der Waals surface area contributed by atoms with Crippen molar-refractivity contribution < 1.29 is 9.59 Å². The van der Waals surface area contributed by atoms with Crippen molar-refractivity contribution in [1.82, 2.24) is 20.6 Å². The first-order valence-electron chi connectivity index (χ1n) is 9.11. The number of anilines is 3. The van der Waals surface area contributed by atoms with Gasteiger partial charge in [-0.2, -0.15) is 0 Å². The molecule has 0 spiro atoms. The highest BCUT2D eigenvalue weighted by molar-refractivity contribution is 6.21. The predicted molar refractivity (Wildman–Crippen MR) is 109 cm³/mol. The Kier molecular flexibility index (Phi) is 3.83. The van der Waals surface area contributed by atoms with Gasteiger partial charge in [0.2, 0.25) is 11.8 Å². The van der Waals surface area contributed by atoms with E-state index >= 15 is 0 Å². The minimum atomic E-state index is -0.330. The van der Waals surface area contributed by atoms with Gasteiger partial charge in [0.15, 0.2) is 5.82 Å². The molecule has 142 valence electrons. The van der Waals surface area contributed by atoms with Gasteiger partial charge in [-0.05, 0) is 40.4 Å². The number of H-pyrrole nitrogens is 1. The molecule has 0 radical (unpaired) electrons. The number of amides is 2. The molecule has 1 aromatic heterocycles. The second kappa shape index (κ2) is 6.52. The average molecular weight is 384 g/mol. The number of carbonyl (C=O) groups excluding carboxylic acids is 2. The summed E-state index contributed by atoms with van der Waals surface area (Å²) in [5.74, 6) is -0.128. The van der Waals surface area contributed by atoms with E-state index in [-0.39, 0.29) is 18.2 Å². The summed E-state index contributed by atoms with van der Waals surface area (Å²) >= 11 is 0. The van der Waals surface area contributed by atoms with E-state index in [1.54, 1.807) is 4.90 Å². The molecule has 1 aliphatic rings. The van der Waals surface area contributed by atoms with E-state index in [9.17, 15) is 9.59 Å². The fraction of sp³-hybridized carbons (Fsp3) is 0.0952. The standard InChI is InChI=1S/C21H16N6O2/c1-12-6-7-14(21-23-25-26-24-21)10-17(12)27-16-9-8-13-4-2-3-5-15(13)20(16)22-18(28)11-19(27)29/h2-10H,11H2,1H3,(H,22,28)(H,23,24,25,26). The Morgan fingerprint density at radius 2 is 1.86 bits per heavy atom. The number of aryl methyl sites for hydroxylation is 1. The molecule has 29 heavy (non-hydrogen) atoms. The van der Waals surface area contributed by atoms with E-state index in [2.05, 4.69) is 25.9 Å². The number of tetrazole rings is 1. The SMILES string of the molecule is Cc1ccc(-c2nnn[nH]2)cc1N1C(=O)CC(=O)Nc2c1ccc1ccccc21. The fourth-order valence-corrected chi connectivity index (χ4v) is 3.66. The summed E-state index contributed by atoms with van der Waals surface area (Å²) in [6.45, 7) is 1.92. The van der Waals surface area contributed by atoms with Gasteiger partial charge in [-0.25, -0.2) is 5.10 Å². The first kappa shape index (κ1) is 17.1. The van der Waals surface area contributed by atoms with Crippen molar-refractivity contribution in [1.29, 1.82) is 0 Å². The van der Waals surface area contributed by atoms with Crippen LogP contribution >= 0.6 is 0 Å². The Morgan fingerprint density at radius 3 is 2.69 bits per heavy atom. The molecule has 2 heterocycles.